The van der Waals surface area contributed by atoms with E-state index in [1.807, 2.05) is 19.1 Å². The van der Waals surface area contributed by atoms with Crippen LogP contribution in [0.4, 0.5) is 11.4 Å². The van der Waals surface area contributed by atoms with Gasteiger partial charge < -0.3 is 25.0 Å². The Morgan fingerprint density at radius 3 is 2.34 bits per heavy atom. The maximum Gasteiger partial charge on any atom is 0.253 e. The molecule has 1 fully saturated rings. The zero-order valence-electron chi connectivity index (χ0n) is 31.3. The Hall–Kier alpha value is -5.50. The molecule has 2 N–H and O–H groups in total. The molecule has 1 aliphatic rings. The van der Waals surface area contributed by atoms with Crippen LogP contribution in [0.1, 0.15) is 52.1 Å². The maximum absolute atomic E-state index is 14.0. The fourth-order valence-corrected chi connectivity index (χ4v) is 8.10. The van der Waals surface area contributed by atoms with Gasteiger partial charge in [0, 0.05) is 72.1 Å². The highest BCUT2D eigenvalue weighted by atomic mass is 35.5. The number of ether oxygens (including phenoxy) is 2. The number of anilines is 2. The van der Waals surface area contributed by atoms with Crippen LogP contribution in [0.25, 0.3) is 10.9 Å². The van der Waals surface area contributed by atoms with Gasteiger partial charge in [-0.25, -0.2) is 8.42 Å². The first-order valence-electron chi connectivity index (χ1n) is 18.4. The lowest BCUT2D eigenvalue weighted by Gasteiger charge is -2.27. The number of sulfonamides is 1. The van der Waals surface area contributed by atoms with E-state index in [0.29, 0.717) is 35.0 Å². The number of methoxy groups -OCH3 is 1. The highest BCUT2D eigenvalue weighted by Gasteiger charge is 2.26. The summed E-state index contributed by atoms with van der Waals surface area (Å²) in [6.45, 7) is 2.93. The zero-order chi connectivity index (χ0) is 39.7. The minimum atomic E-state index is -4.07. The number of fused-ring (bicyclic) bond motifs is 1. The van der Waals surface area contributed by atoms with E-state index in [0.717, 1.165) is 41.5 Å². The van der Waals surface area contributed by atoms with Crippen LogP contribution < -0.4 is 20.1 Å². The van der Waals surface area contributed by atoms with E-state index in [4.69, 9.17) is 21.1 Å². The third-order valence-electron chi connectivity index (χ3n) is 9.46. The molecule has 6 rings (SSSR count). The average Bonchev–Trinajstić information content (AvgIpc) is 3.22. The van der Waals surface area contributed by atoms with Crippen LogP contribution in [0.15, 0.2) is 102 Å². The maximum atomic E-state index is 14.0. The number of amides is 2. The Morgan fingerprint density at radius 1 is 0.857 bits per heavy atom. The third-order valence-corrected chi connectivity index (χ3v) is 11.6. The van der Waals surface area contributed by atoms with Gasteiger partial charge in [-0.15, -0.1) is 0 Å². The van der Waals surface area contributed by atoms with Crippen LogP contribution in [0, 0.1) is 6.92 Å². The Balaban J connectivity index is 1.20. The number of benzene rings is 4. The third kappa shape index (κ3) is 10.0. The first-order valence-corrected chi connectivity index (χ1v) is 20.2. The number of nitrogens with one attached hydrogen (secondary N) is 2. The van der Waals surface area contributed by atoms with E-state index in [1.54, 1.807) is 71.6 Å². The van der Waals surface area contributed by atoms with Gasteiger partial charge in [-0.1, -0.05) is 41.9 Å². The largest absolute Gasteiger partial charge is 0.497 e. The first-order chi connectivity index (χ1) is 27.0. The molecule has 2 amide bonds. The number of aryl methyl sites for hydroxylation is 1. The minimum absolute atomic E-state index is 0.0222. The van der Waals surface area contributed by atoms with Crippen LogP contribution in [0.5, 0.6) is 11.5 Å². The molecule has 0 aliphatic carbocycles. The Morgan fingerprint density at radius 2 is 1.61 bits per heavy atom. The lowest BCUT2D eigenvalue weighted by atomic mass is 10.1. The van der Waals surface area contributed by atoms with Crippen LogP contribution >= 0.6 is 11.6 Å². The van der Waals surface area contributed by atoms with Gasteiger partial charge in [-0.3, -0.25) is 19.4 Å². The quantitative estimate of drug-likeness (QED) is 0.0988. The van der Waals surface area contributed by atoms with Gasteiger partial charge in [0.15, 0.2) is 12.4 Å². The number of Topliss-reactive ketones (excluding diaryl/α,β-unsaturated/α-hetero) is 1. The standard InChI is InChI=1S/C42H44ClN5O7S/c1-29-25-38(35-27-32(43)12-18-36(35)45-29)44-20-24-48(56(52,53)34-15-13-33(54-2)14-16-34)23-19-41(50)46-37-17-11-31(42(51)47-21-7-4-8-22-47)26-40(37)55-28-39(49)30-9-5-3-6-10-30/h3,5-6,9-18,25-27H,4,7-8,19-24,28H2,1-2H3,(H,44,45)(H,46,50). The summed E-state index contributed by atoms with van der Waals surface area (Å²) >= 11 is 6.28. The van der Waals surface area contributed by atoms with Crippen LogP contribution in [0.3, 0.4) is 0 Å². The van der Waals surface area contributed by atoms with Crippen LogP contribution in [-0.4, -0.2) is 86.6 Å². The Labute approximate surface area is 331 Å². The molecule has 0 spiro atoms. The predicted molar refractivity (Wildman–Crippen MR) is 217 cm³/mol. The fourth-order valence-electron chi connectivity index (χ4n) is 6.49. The zero-order valence-corrected chi connectivity index (χ0v) is 32.9. The summed E-state index contributed by atoms with van der Waals surface area (Å²) in [6.07, 6.45) is 2.70. The number of carbonyl (C=O) groups is 3. The number of carbonyl (C=O) groups excluding carboxylic acids is 3. The number of nitrogens with zero attached hydrogens (tertiary/aromatic N) is 3. The van der Waals surface area contributed by atoms with Gasteiger partial charge in [0.25, 0.3) is 5.91 Å². The molecule has 0 bridgehead atoms. The van der Waals surface area contributed by atoms with Gasteiger partial charge in [0.1, 0.15) is 11.5 Å². The molecule has 12 nitrogen and oxygen atoms in total. The number of likely N-dealkylation sites (tertiary alicyclic amines) is 1. The molecule has 1 saturated heterocycles. The monoisotopic (exact) mass is 797 g/mol. The number of rotatable bonds is 16. The van der Waals surface area contributed by atoms with E-state index in [-0.39, 0.29) is 60.7 Å². The van der Waals surface area contributed by atoms with Gasteiger partial charge in [0.2, 0.25) is 15.9 Å². The molecule has 0 saturated carbocycles. The van der Waals surface area contributed by atoms with Crippen molar-refractivity contribution in [2.45, 2.75) is 37.5 Å². The van der Waals surface area contributed by atoms with E-state index in [9.17, 15) is 22.8 Å². The second kappa shape index (κ2) is 18.4. The summed E-state index contributed by atoms with van der Waals surface area (Å²) in [6, 6.07) is 26.7. The van der Waals surface area contributed by atoms with Crippen molar-refractivity contribution in [2.24, 2.45) is 0 Å². The molecule has 5 aromatic rings. The normalized spacial score (nSPS) is 13.0. The van der Waals surface area contributed by atoms with Crippen molar-refractivity contribution in [1.82, 2.24) is 14.2 Å². The highest BCUT2D eigenvalue weighted by Crippen LogP contribution is 2.29. The predicted octanol–water partition coefficient (Wildman–Crippen LogP) is 7.22. The number of piperidine rings is 1. The number of hydrogen-bond acceptors (Lipinski definition) is 9. The molecular formula is C42H44ClN5O7S. The van der Waals surface area contributed by atoms with Crippen LogP contribution in [0.2, 0.25) is 5.02 Å². The summed E-state index contributed by atoms with van der Waals surface area (Å²) in [5.41, 5.74) is 3.34. The lowest BCUT2D eigenvalue weighted by molar-refractivity contribution is -0.116. The van der Waals surface area contributed by atoms with Crippen LogP contribution in [-0.2, 0) is 14.8 Å². The minimum Gasteiger partial charge on any atom is -0.497 e. The second-order valence-corrected chi connectivity index (χ2v) is 15.8. The lowest BCUT2D eigenvalue weighted by Crippen LogP contribution is -2.37. The van der Waals surface area contributed by atoms with Crippen molar-refractivity contribution in [2.75, 3.05) is 57.1 Å². The average molecular weight is 798 g/mol. The summed E-state index contributed by atoms with van der Waals surface area (Å²) in [4.78, 5) is 46.3. The van der Waals surface area contributed by atoms with E-state index >= 15 is 0 Å². The Kier molecular flexibility index (Phi) is 13.2. The molecule has 14 heteroatoms. The van der Waals surface area contributed by atoms with Crippen molar-refractivity contribution in [3.8, 4) is 11.5 Å². The molecule has 0 radical (unpaired) electrons. The molecule has 1 aliphatic heterocycles. The Bertz CT molecular complexity index is 2300. The van der Waals surface area contributed by atoms with Crippen molar-refractivity contribution in [1.29, 1.82) is 0 Å². The van der Waals surface area contributed by atoms with E-state index in [2.05, 4.69) is 15.6 Å². The van der Waals surface area contributed by atoms with Crippen molar-refractivity contribution in [3.05, 3.63) is 119 Å². The first kappa shape index (κ1) is 40.2. The fraction of sp³-hybridized carbons (Fsp3) is 0.286. The molecule has 4 aromatic carbocycles. The number of ketones is 1. The summed E-state index contributed by atoms with van der Waals surface area (Å²) in [7, 11) is -2.57. The summed E-state index contributed by atoms with van der Waals surface area (Å²) in [5, 5.41) is 7.49. The van der Waals surface area contributed by atoms with Crippen molar-refractivity contribution < 1.29 is 32.3 Å². The van der Waals surface area contributed by atoms with Gasteiger partial charge >= 0.3 is 0 Å². The van der Waals surface area contributed by atoms with Gasteiger partial charge in [-0.2, -0.15) is 4.31 Å². The number of hydrogen-bond donors (Lipinski definition) is 2. The van der Waals surface area contributed by atoms with E-state index in [1.165, 1.54) is 29.6 Å². The molecule has 2 heterocycles. The molecule has 0 unspecified atom stereocenters. The molecule has 0 atom stereocenters. The highest BCUT2D eigenvalue weighted by molar-refractivity contribution is 7.89. The van der Waals surface area contributed by atoms with Crippen molar-refractivity contribution >= 4 is 61.5 Å². The molecule has 1 aromatic heterocycles. The van der Waals surface area contributed by atoms with Gasteiger partial charge in [0.05, 0.1) is 23.2 Å². The molecular weight excluding hydrogens is 754 g/mol. The number of aromatic nitrogens is 1. The van der Waals surface area contributed by atoms with E-state index < -0.39 is 15.9 Å². The molecule has 56 heavy (non-hydrogen) atoms. The SMILES string of the molecule is COc1ccc(S(=O)(=O)N(CCNc2cc(C)nc3ccc(Cl)cc23)CCC(=O)Nc2ccc(C(=O)N3CCCCC3)cc2OCC(=O)c2ccccc2)cc1. The topological polar surface area (TPSA) is 147 Å². The van der Waals surface area contributed by atoms with Gasteiger partial charge in [-0.05, 0) is 92.9 Å². The smallest absolute Gasteiger partial charge is 0.253 e. The summed E-state index contributed by atoms with van der Waals surface area (Å²) in [5.74, 6) is -0.276. The van der Waals surface area contributed by atoms with Crippen molar-refractivity contribution in [3.63, 3.8) is 0 Å². The number of halogens is 1. The molecule has 292 valence electrons. The second-order valence-electron chi connectivity index (χ2n) is 13.4. The summed E-state index contributed by atoms with van der Waals surface area (Å²) < 4.78 is 40.5. The number of pyridine rings is 1.